The lowest BCUT2D eigenvalue weighted by atomic mass is 9.96. The van der Waals surface area contributed by atoms with E-state index in [0.717, 1.165) is 66.5 Å². The molecule has 2 aromatic heterocycles. The lowest BCUT2D eigenvalue weighted by Crippen LogP contribution is -1.98. The van der Waals surface area contributed by atoms with E-state index in [1.165, 1.54) is 10.8 Å². The number of hydrogen-bond donors (Lipinski definition) is 0. The average molecular weight is 611 g/mol. The van der Waals surface area contributed by atoms with Gasteiger partial charge in [-0.15, -0.1) is 0 Å². The second-order valence-corrected chi connectivity index (χ2v) is 12.0. The van der Waals surface area contributed by atoms with E-state index in [0.29, 0.717) is 11.3 Å². The fourth-order valence-electron chi connectivity index (χ4n) is 7.24. The average Bonchev–Trinajstić information content (AvgIpc) is 3.68. The first kappa shape index (κ1) is 27.4. The zero-order valence-corrected chi connectivity index (χ0v) is 25.8. The van der Waals surface area contributed by atoms with Crippen molar-refractivity contribution < 1.29 is 0 Å². The highest BCUT2D eigenvalue weighted by atomic mass is 15.0. The molecule has 4 heteroatoms. The number of benzene rings is 7. The standard InChI is InChI=1S/C44H26N4/c1-46-39-16-9-15-37-36-14-4-5-17-40(36)47(44(37)39)33-23-21-30(22-24-33)31-10-8-11-32(27-31)38-26-29(28-45)20-25-43(38)48-41-18-6-2-12-34(41)35-13-3-7-19-42(35)48/h2-27H. The zero-order valence-electron chi connectivity index (χ0n) is 25.8. The number of aromatic nitrogens is 2. The van der Waals surface area contributed by atoms with Crippen LogP contribution in [-0.2, 0) is 0 Å². The Morgan fingerprint density at radius 1 is 0.500 bits per heavy atom. The first-order valence-corrected chi connectivity index (χ1v) is 15.9. The molecule has 48 heavy (non-hydrogen) atoms. The molecule has 0 saturated heterocycles. The number of para-hydroxylation sites is 4. The van der Waals surface area contributed by atoms with Crippen LogP contribution < -0.4 is 0 Å². The molecule has 0 bridgehead atoms. The summed E-state index contributed by atoms with van der Waals surface area (Å²) < 4.78 is 4.51. The third kappa shape index (κ3) is 4.14. The molecule has 0 unspecified atom stereocenters. The van der Waals surface area contributed by atoms with Crippen LogP contribution in [0.4, 0.5) is 5.69 Å². The van der Waals surface area contributed by atoms with E-state index < -0.39 is 0 Å². The molecule has 222 valence electrons. The summed E-state index contributed by atoms with van der Waals surface area (Å²) in [5.74, 6) is 0. The van der Waals surface area contributed by atoms with Crippen LogP contribution in [0.1, 0.15) is 5.56 Å². The quantitative estimate of drug-likeness (QED) is 0.183. The van der Waals surface area contributed by atoms with Crippen LogP contribution >= 0.6 is 0 Å². The molecule has 0 atom stereocenters. The maximum absolute atomic E-state index is 9.90. The highest BCUT2D eigenvalue weighted by Gasteiger charge is 2.18. The molecule has 7 aromatic carbocycles. The summed E-state index contributed by atoms with van der Waals surface area (Å²) in [5, 5.41) is 14.5. The third-order valence-corrected chi connectivity index (χ3v) is 9.37. The SMILES string of the molecule is [C-]#[N+]c1cccc2c3ccccc3n(-c3ccc(-c4cccc(-c5cc(C#N)ccc5-n5c6ccccc6c6ccccc65)c4)cc3)c12. The van der Waals surface area contributed by atoms with Crippen LogP contribution in [0.3, 0.4) is 0 Å². The molecule has 0 aliphatic rings. The van der Waals surface area contributed by atoms with E-state index in [2.05, 4.69) is 141 Å². The van der Waals surface area contributed by atoms with Crippen LogP contribution in [-0.4, -0.2) is 9.13 Å². The van der Waals surface area contributed by atoms with Crippen molar-refractivity contribution >= 4 is 49.3 Å². The number of hydrogen-bond acceptors (Lipinski definition) is 1. The minimum Gasteiger partial charge on any atom is -0.319 e. The van der Waals surface area contributed by atoms with Gasteiger partial charge in [0.25, 0.3) is 0 Å². The van der Waals surface area contributed by atoms with Gasteiger partial charge in [-0.3, -0.25) is 0 Å². The van der Waals surface area contributed by atoms with Crippen molar-refractivity contribution in [2.24, 2.45) is 0 Å². The van der Waals surface area contributed by atoms with Crippen LogP contribution in [0.25, 0.3) is 82.1 Å². The van der Waals surface area contributed by atoms with Crippen molar-refractivity contribution in [3.05, 3.63) is 175 Å². The highest BCUT2D eigenvalue weighted by Crippen LogP contribution is 2.39. The second-order valence-electron chi connectivity index (χ2n) is 12.0. The molecule has 9 rings (SSSR count). The monoisotopic (exact) mass is 610 g/mol. The van der Waals surface area contributed by atoms with Gasteiger partial charge in [-0.1, -0.05) is 103 Å². The Balaban J connectivity index is 1.18. The van der Waals surface area contributed by atoms with Crippen LogP contribution in [0.5, 0.6) is 0 Å². The Kier molecular flexibility index (Phi) is 6.22. The predicted molar refractivity (Wildman–Crippen MR) is 197 cm³/mol. The number of nitriles is 1. The van der Waals surface area contributed by atoms with Gasteiger partial charge in [0.2, 0.25) is 5.69 Å². The second kappa shape index (κ2) is 10.9. The third-order valence-electron chi connectivity index (χ3n) is 9.37. The summed E-state index contributed by atoms with van der Waals surface area (Å²) in [6.07, 6.45) is 0. The fourth-order valence-corrected chi connectivity index (χ4v) is 7.24. The molecular formula is C44H26N4. The predicted octanol–water partition coefficient (Wildman–Crippen LogP) is 11.6. The van der Waals surface area contributed by atoms with Crippen LogP contribution in [0.15, 0.2) is 158 Å². The van der Waals surface area contributed by atoms with Gasteiger partial charge < -0.3 is 9.13 Å². The number of nitrogens with zero attached hydrogens (tertiary/aromatic N) is 4. The van der Waals surface area contributed by atoms with Crippen LogP contribution in [0, 0.1) is 17.9 Å². The topological polar surface area (TPSA) is 38.0 Å². The largest absolute Gasteiger partial charge is 0.319 e. The molecule has 0 fully saturated rings. The van der Waals surface area contributed by atoms with E-state index in [1.54, 1.807) is 0 Å². The first-order valence-electron chi connectivity index (χ1n) is 15.9. The highest BCUT2D eigenvalue weighted by molar-refractivity contribution is 6.13. The fraction of sp³-hybridized carbons (Fsp3) is 0. The molecule has 4 nitrogen and oxygen atoms in total. The molecule has 0 saturated carbocycles. The summed E-state index contributed by atoms with van der Waals surface area (Å²) in [5.41, 5.74) is 11.8. The Labute approximate surface area is 277 Å². The molecule has 9 aromatic rings. The summed E-state index contributed by atoms with van der Waals surface area (Å²) in [6.45, 7) is 7.85. The van der Waals surface area contributed by atoms with Gasteiger partial charge >= 0.3 is 0 Å². The Bertz CT molecular complexity index is 2750. The molecule has 0 aliphatic carbocycles. The minimum absolute atomic E-state index is 0.620. The van der Waals surface area contributed by atoms with E-state index in [1.807, 2.05) is 36.4 Å². The van der Waals surface area contributed by atoms with Crippen molar-refractivity contribution in [1.29, 1.82) is 5.26 Å². The smallest absolute Gasteiger partial charge is 0.211 e. The lowest BCUT2D eigenvalue weighted by Gasteiger charge is -2.15. The molecular weight excluding hydrogens is 585 g/mol. The lowest BCUT2D eigenvalue weighted by molar-refractivity contribution is 1.18. The van der Waals surface area contributed by atoms with E-state index >= 15 is 0 Å². The molecule has 0 amide bonds. The molecule has 0 aliphatic heterocycles. The summed E-state index contributed by atoms with van der Waals surface area (Å²) >= 11 is 0. The summed E-state index contributed by atoms with van der Waals surface area (Å²) in [4.78, 5) is 3.86. The number of rotatable bonds is 4. The Morgan fingerprint density at radius 3 is 1.75 bits per heavy atom. The Morgan fingerprint density at radius 2 is 1.08 bits per heavy atom. The normalized spacial score (nSPS) is 11.3. The van der Waals surface area contributed by atoms with Crippen molar-refractivity contribution in [2.75, 3.05) is 0 Å². The van der Waals surface area contributed by atoms with E-state index in [9.17, 15) is 5.26 Å². The van der Waals surface area contributed by atoms with Crippen molar-refractivity contribution in [3.63, 3.8) is 0 Å². The van der Waals surface area contributed by atoms with Gasteiger partial charge in [0, 0.05) is 27.4 Å². The molecule has 0 spiro atoms. The van der Waals surface area contributed by atoms with Gasteiger partial charge in [-0.2, -0.15) is 5.26 Å². The van der Waals surface area contributed by atoms with Crippen molar-refractivity contribution in [3.8, 4) is 39.7 Å². The van der Waals surface area contributed by atoms with Gasteiger partial charge in [0.1, 0.15) is 0 Å². The summed E-state index contributed by atoms with van der Waals surface area (Å²) in [6, 6.07) is 56.7. The molecule has 0 radical (unpaired) electrons. The maximum atomic E-state index is 9.90. The molecule has 2 heterocycles. The first-order chi connectivity index (χ1) is 23.7. The zero-order chi connectivity index (χ0) is 32.2. The van der Waals surface area contributed by atoms with Crippen molar-refractivity contribution in [1.82, 2.24) is 9.13 Å². The maximum Gasteiger partial charge on any atom is 0.211 e. The van der Waals surface area contributed by atoms with E-state index in [-0.39, 0.29) is 0 Å². The van der Waals surface area contributed by atoms with Crippen LogP contribution in [0.2, 0.25) is 0 Å². The van der Waals surface area contributed by atoms with Gasteiger partial charge in [0.15, 0.2) is 0 Å². The van der Waals surface area contributed by atoms with Crippen molar-refractivity contribution in [2.45, 2.75) is 0 Å². The molecule has 0 N–H and O–H groups in total. The van der Waals surface area contributed by atoms with Gasteiger partial charge in [0.05, 0.1) is 46.0 Å². The minimum atomic E-state index is 0.620. The summed E-state index contributed by atoms with van der Waals surface area (Å²) in [7, 11) is 0. The number of fused-ring (bicyclic) bond motifs is 6. The van der Waals surface area contributed by atoms with Gasteiger partial charge in [-0.25, -0.2) is 4.85 Å². The Hall–Kier alpha value is -6.88. The van der Waals surface area contributed by atoms with E-state index in [4.69, 9.17) is 6.57 Å². The van der Waals surface area contributed by atoms with Gasteiger partial charge in [-0.05, 0) is 76.7 Å².